The average molecular weight is 395 g/mol. The van der Waals surface area contributed by atoms with Crippen LogP contribution in [0.25, 0.3) is 0 Å². The summed E-state index contributed by atoms with van der Waals surface area (Å²) in [7, 11) is 0. The fourth-order valence-corrected chi connectivity index (χ4v) is 4.50. The summed E-state index contributed by atoms with van der Waals surface area (Å²) in [5.41, 5.74) is 2.01. The summed E-state index contributed by atoms with van der Waals surface area (Å²) in [6, 6.07) is 8.74. The zero-order chi connectivity index (χ0) is 18.4. The van der Waals surface area contributed by atoms with Crippen LogP contribution in [0.15, 0.2) is 24.3 Å². The molecule has 0 aromatic heterocycles. The molecule has 4 nitrogen and oxygen atoms in total. The molecular formula is C22H35ClN2O2. The molecule has 2 aliphatic rings. The van der Waals surface area contributed by atoms with Crippen molar-refractivity contribution in [3.05, 3.63) is 29.8 Å². The highest BCUT2D eigenvalue weighted by atomic mass is 35.5. The van der Waals surface area contributed by atoms with Crippen LogP contribution < -0.4 is 4.90 Å². The molecule has 0 N–H and O–H groups in total. The summed E-state index contributed by atoms with van der Waals surface area (Å²) in [6.45, 7) is 9.90. The van der Waals surface area contributed by atoms with Crippen molar-refractivity contribution in [3.63, 3.8) is 0 Å². The van der Waals surface area contributed by atoms with Crippen molar-refractivity contribution < 1.29 is 9.53 Å². The number of halogens is 1. The van der Waals surface area contributed by atoms with Gasteiger partial charge in [-0.3, -0.25) is 4.79 Å². The topological polar surface area (TPSA) is 32.8 Å². The molecule has 1 saturated heterocycles. The van der Waals surface area contributed by atoms with Crippen molar-refractivity contribution in [3.8, 4) is 0 Å². The fraction of sp³-hybridized carbons (Fsp3) is 0.682. The van der Waals surface area contributed by atoms with E-state index in [-0.39, 0.29) is 18.4 Å². The van der Waals surface area contributed by atoms with Gasteiger partial charge in [0.05, 0.1) is 5.41 Å². The highest BCUT2D eigenvalue weighted by molar-refractivity contribution is 5.85. The summed E-state index contributed by atoms with van der Waals surface area (Å²) in [5, 5.41) is 0. The monoisotopic (exact) mass is 394 g/mol. The second-order valence-electron chi connectivity index (χ2n) is 7.69. The van der Waals surface area contributed by atoms with E-state index in [1.54, 1.807) is 0 Å². The number of carbonyl (C=O) groups excluding carboxylic acids is 1. The third-order valence-electron chi connectivity index (χ3n) is 6.27. The van der Waals surface area contributed by atoms with Crippen molar-refractivity contribution >= 4 is 24.1 Å². The molecule has 0 unspecified atom stereocenters. The van der Waals surface area contributed by atoms with Gasteiger partial charge in [0, 0.05) is 25.3 Å². The largest absolute Gasteiger partial charge is 0.464 e. The minimum atomic E-state index is -0.424. The molecule has 5 heteroatoms. The van der Waals surface area contributed by atoms with E-state index in [1.807, 2.05) is 0 Å². The Hall–Kier alpha value is -1.26. The minimum absolute atomic E-state index is 0. The number of carbonyl (C=O) groups is 1. The summed E-state index contributed by atoms with van der Waals surface area (Å²) in [4.78, 5) is 17.7. The zero-order valence-corrected chi connectivity index (χ0v) is 17.7. The Balaban J connectivity index is 0.00000261. The second kappa shape index (κ2) is 10.3. The Bertz CT molecular complexity index is 574. The number of ether oxygens (including phenoxy) is 1. The SMILES string of the molecule is CCN(CC)CCOC(=O)C1(c2ccc(N3CCCC3)cc2)CCCC1.Cl. The second-order valence-corrected chi connectivity index (χ2v) is 7.69. The molecule has 1 heterocycles. The molecule has 1 aromatic carbocycles. The lowest BCUT2D eigenvalue weighted by molar-refractivity contribution is -0.151. The van der Waals surface area contributed by atoms with E-state index in [2.05, 4.69) is 47.9 Å². The smallest absolute Gasteiger partial charge is 0.316 e. The van der Waals surface area contributed by atoms with Gasteiger partial charge in [-0.2, -0.15) is 0 Å². The lowest BCUT2D eigenvalue weighted by Gasteiger charge is -2.29. The van der Waals surface area contributed by atoms with E-state index in [1.165, 1.54) is 18.5 Å². The molecule has 0 radical (unpaired) electrons. The molecule has 1 aromatic rings. The maximum Gasteiger partial charge on any atom is 0.316 e. The van der Waals surface area contributed by atoms with Crippen LogP contribution in [0.5, 0.6) is 0 Å². The molecule has 152 valence electrons. The van der Waals surface area contributed by atoms with Crippen LogP contribution in [-0.2, 0) is 14.9 Å². The predicted octanol–water partition coefficient (Wildman–Crippen LogP) is 4.41. The van der Waals surface area contributed by atoms with Gasteiger partial charge in [0.1, 0.15) is 6.61 Å². The molecule has 0 amide bonds. The summed E-state index contributed by atoms with van der Waals surface area (Å²) >= 11 is 0. The van der Waals surface area contributed by atoms with Crippen molar-refractivity contribution in [2.24, 2.45) is 0 Å². The molecule has 3 rings (SSSR count). The van der Waals surface area contributed by atoms with E-state index in [4.69, 9.17) is 4.74 Å². The number of hydrogen-bond acceptors (Lipinski definition) is 4. The zero-order valence-electron chi connectivity index (χ0n) is 16.9. The van der Waals surface area contributed by atoms with E-state index in [0.29, 0.717) is 6.61 Å². The van der Waals surface area contributed by atoms with Crippen molar-refractivity contribution in [2.75, 3.05) is 44.2 Å². The van der Waals surface area contributed by atoms with Gasteiger partial charge in [-0.25, -0.2) is 0 Å². The number of rotatable bonds is 8. The Kier molecular flexibility index (Phi) is 8.43. The number of esters is 1. The number of likely N-dealkylation sites (N-methyl/N-ethyl adjacent to an activating group) is 1. The first kappa shape index (κ1) is 22.0. The number of nitrogens with zero attached hydrogens (tertiary/aromatic N) is 2. The third kappa shape index (κ3) is 4.97. The highest BCUT2D eigenvalue weighted by Gasteiger charge is 2.44. The van der Waals surface area contributed by atoms with Gasteiger partial charge in [0.15, 0.2) is 0 Å². The summed E-state index contributed by atoms with van der Waals surface area (Å²) in [5.74, 6) is -0.0175. The fourth-order valence-electron chi connectivity index (χ4n) is 4.50. The van der Waals surface area contributed by atoms with E-state index >= 15 is 0 Å². The Morgan fingerprint density at radius 2 is 1.63 bits per heavy atom. The normalized spacial score (nSPS) is 18.6. The lowest BCUT2D eigenvalue weighted by atomic mass is 9.79. The highest BCUT2D eigenvalue weighted by Crippen LogP contribution is 2.42. The average Bonchev–Trinajstić information content (AvgIpc) is 3.38. The Morgan fingerprint density at radius 1 is 1.04 bits per heavy atom. The Labute approximate surface area is 170 Å². The van der Waals surface area contributed by atoms with Gasteiger partial charge in [0.25, 0.3) is 0 Å². The number of anilines is 1. The van der Waals surface area contributed by atoms with Gasteiger partial charge >= 0.3 is 5.97 Å². The van der Waals surface area contributed by atoms with Crippen LogP contribution in [0.1, 0.15) is 57.9 Å². The van der Waals surface area contributed by atoms with E-state index in [0.717, 1.165) is 64.0 Å². The molecule has 1 aliphatic heterocycles. The number of benzene rings is 1. The first-order valence-corrected chi connectivity index (χ1v) is 10.4. The van der Waals surface area contributed by atoms with Crippen molar-refractivity contribution in [2.45, 2.75) is 57.8 Å². The number of hydrogen-bond donors (Lipinski definition) is 0. The molecule has 2 fully saturated rings. The molecule has 1 saturated carbocycles. The van der Waals surface area contributed by atoms with Gasteiger partial charge in [-0.05, 0) is 56.5 Å². The first-order valence-electron chi connectivity index (χ1n) is 10.4. The standard InChI is InChI=1S/C22H34N2O2.ClH/c1-3-23(4-2)17-18-26-21(25)22(13-5-6-14-22)19-9-11-20(12-10-19)24-15-7-8-16-24;/h9-12H,3-8,13-18H2,1-2H3;1H. The van der Waals surface area contributed by atoms with Crippen LogP contribution in [0.2, 0.25) is 0 Å². The Morgan fingerprint density at radius 3 is 2.19 bits per heavy atom. The van der Waals surface area contributed by atoms with Crippen molar-refractivity contribution in [1.82, 2.24) is 4.90 Å². The maximum absolute atomic E-state index is 13.0. The van der Waals surface area contributed by atoms with Crippen LogP contribution in [0, 0.1) is 0 Å². The van der Waals surface area contributed by atoms with Crippen LogP contribution >= 0.6 is 12.4 Å². The van der Waals surface area contributed by atoms with Gasteiger partial charge in [-0.1, -0.05) is 38.8 Å². The van der Waals surface area contributed by atoms with Gasteiger partial charge in [-0.15, -0.1) is 12.4 Å². The van der Waals surface area contributed by atoms with Crippen molar-refractivity contribution in [1.29, 1.82) is 0 Å². The summed E-state index contributed by atoms with van der Waals surface area (Å²) in [6.07, 6.45) is 6.62. The first-order chi connectivity index (χ1) is 12.7. The lowest BCUT2D eigenvalue weighted by Crippen LogP contribution is -2.37. The quantitative estimate of drug-likeness (QED) is 0.611. The molecule has 0 bridgehead atoms. The van der Waals surface area contributed by atoms with Crippen LogP contribution in [0.4, 0.5) is 5.69 Å². The molecule has 0 atom stereocenters. The van der Waals surface area contributed by atoms with E-state index in [9.17, 15) is 4.79 Å². The van der Waals surface area contributed by atoms with E-state index < -0.39 is 5.41 Å². The van der Waals surface area contributed by atoms with Crippen LogP contribution in [-0.4, -0.2) is 50.2 Å². The predicted molar refractivity (Wildman–Crippen MR) is 114 cm³/mol. The molecular weight excluding hydrogens is 360 g/mol. The van der Waals surface area contributed by atoms with Crippen LogP contribution in [0.3, 0.4) is 0 Å². The molecule has 1 aliphatic carbocycles. The minimum Gasteiger partial charge on any atom is -0.464 e. The maximum atomic E-state index is 13.0. The van der Waals surface area contributed by atoms with Gasteiger partial charge < -0.3 is 14.5 Å². The third-order valence-corrected chi connectivity index (χ3v) is 6.27. The molecule has 0 spiro atoms. The summed E-state index contributed by atoms with van der Waals surface area (Å²) < 4.78 is 5.76. The molecule has 27 heavy (non-hydrogen) atoms. The van der Waals surface area contributed by atoms with Gasteiger partial charge in [0.2, 0.25) is 0 Å².